The molecule has 11 heteroatoms. The van der Waals surface area contributed by atoms with Crippen LogP contribution >= 0.6 is 22.9 Å². The lowest BCUT2D eigenvalue weighted by Gasteiger charge is -2.15. The van der Waals surface area contributed by atoms with Crippen LogP contribution < -0.4 is 15.4 Å². The van der Waals surface area contributed by atoms with Crippen LogP contribution in [0.25, 0.3) is 10.2 Å². The maximum Gasteiger partial charge on any atom is 0.409 e. The average Bonchev–Trinajstić information content (AvgIpc) is 3.54. The first-order valence-electron chi connectivity index (χ1n) is 11.9. The van der Waals surface area contributed by atoms with Crippen LogP contribution in [0.5, 0.6) is 5.75 Å². The summed E-state index contributed by atoms with van der Waals surface area (Å²) in [4.78, 5) is 28.0. The van der Waals surface area contributed by atoms with Gasteiger partial charge in [0.05, 0.1) is 27.0 Å². The Kier molecular flexibility index (Phi) is 7.89. The summed E-state index contributed by atoms with van der Waals surface area (Å²) < 4.78 is 11.3. The number of hydrogen-bond acceptors (Lipinski definition) is 9. The minimum Gasteiger partial charge on any atom is -0.486 e. The van der Waals surface area contributed by atoms with E-state index in [1.54, 1.807) is 26.4 Å². The number of amides is 1. The Labute approximate surface area is 229 Å². The van der Waals surface area contributed by atoms with Crippen LogP contribution in [0.3, 0.4) is 0 Å². The summed E-state index contributed by atoms with van der Waals surface area (Å²) >= 11 is 7.97. The van der Waals surface area contributed by atoms with Gasteiger partial charge in [-0.3, -0.25) is 10.3 Å². The summed E-state index contributed by atoms with van der Waals surface area (Å²) in [6.07, 6.45) is 3.36. The fourth-order valence-electron chi connectivity index (χ4n) is 3.79. The fraction of sp³-hybridized carbons (Fsp3) is 0.259. The third kappa shape index (κ3) is 6.31. The van der Waals surface area contributed by atoms with Gasteiger partial charge < -0.3 is 19.7 Å². The Morgan fingerprint density at radius 2 is 2.13 bits per heavy atom. The molecule has 194 valence electrons. The van der Waals surface area contributed by atoms with Crippen molar-refractivity contribution in [1.82, 2.24) is 25.2 Å². The summed E-state index contributed by atoms with van der Waals surface area (Å²) in [5.41, 5.74) is 1.59. The zero-order chi connectivity index (χ0) is 26.5. The molecule has 0 saturated carbocycles. The molecule has 9 nitrogen and oxygen atoms in total. The molecule has 1 fully saturated rings. The molecule has 1 saturated heterocycles. The monoisotopic (exact) mass is 548 g/mol. The minimum absolute atomic E-state index is 0.0515. The molecule has 4 heterocycles. The molecule has 0 unspecified atom stereocenters. The van der Waals surface area contributed by atoms with Crippen LogP contribution in [0.1, 0.15) is 17.0 Å². The number of nitrogens with zero attached hydrogens (tertiary/aromatic N) is 4. The number of nitrogens with one attached hydrogen (secondary N) is 2. The number of carbonyl (C=O) groups excluding carboxylic acids is 1. The zero-order valence-corrected chi connectivity index (χ0v) is 22.3. The molecule has 2 N–H and O–H groups in total. The van der Waals surface area contributed by atoms with E-state index in [0.29, 0.717) is 36.2 Å². The quantitative estimate of drug-likeness (QED) is 0.330. The molecule has 0 bridgehead atoms. The average molecular weight is 549 g/mol. The largest absolute Gasteiger partial charge is 0.486 e. The number of anilines is 2. The number of thiophene rings is 1. The summed E-state index contributed by atoms with van der Waals surface area (Å²) in [6.45, 7) is 0.914. The van der Waals surface area contributed by atoms with Gasteiger partial charge in [0.15, 0.2) is 0 Å². The van der Waals surface area contributed by atoms with E-state index >= 15 is 0 Å². The summed E-state index contributed by atoms with van der Waals surface area (Å²) in [6, 6.07) is 13.1. The molecule has 1 amide bonds. The molecule has 0 radical (unpaired) electrons. The molecule has 0 spiro atoms. The van der Waals surface area contributed by atoms with E-state index in [1.807, 2.05) is 36.4 Å². The molecule has 4 aromatic rings. The molecule has 38 heavy (non-hydrogen) atoms. The summed E-state index contributed by atoms with van der Waals surface area (Å²) in [5, 5.41) is 7.96. The SMILES string of the molecule is CN(C)C(=O)O[C@@H]1CN[C@@H](C#Cc2cc3c(Nc4ccc(OCc5ccccn5)c(Cl)c4)ncnc3s2)C1. The Morgan fingerprint density at radius 3 is 2.92 bits per heavy atom. The van der Waals surface area contributed by atoms with Crippen LogP contribution in [-0.4, -0.2) is 58.7 Å². The Hall–Kier alpha value is -3.91. The highest BCUT2D eigenvalue weighted by atomic mass is 35.5. The molecule has 3 aromatic heterocycles. The van der Waals surface area contributed by atoms with Crippen molar-refractivity contribution in [1.29, 1.82) is 0 Å². The number of rotatable bonds is 6. The first kappa shape index (κ1) is 25.7. The third-order valence-electron chi connectivity index (χ3n) is 5.72. The van der Waals surface area contributed by atoms with Gasteiger partial charge in [-0.2, -0.15) is 0 Å². The van der Waals surface area contributed by atoms with Gasteiger partial charge in [-0.05, 0) is 36.4 Å². The smallest absolute Gasteiger partial charge is 0.409 e. The van der Waals surface area contributed by atoms with Gasteiger partial charge in [0.1, 0.15) is 35.4 Å². The fourth-order valence-corrected chi connectivity index (χ4v) is 4.89. The van der Waals surface area contributed by atoms with Crippen LogP contribution in [0, 0.1) is 11.8 Å². The number of fused-ring (bicyclic) bond motifs is 1. The number of halogens is 1. The Bertz CT molecular complexity index is 1500. The molecule has 1 aliphatic rings. The number of ether oxygens (including phenoxy) is 2. The highest BCUT2D eigenvalue weighted by Gasteiger charge is 2.26. The van der Waals surface area contributed by atoms with Gasteiger partial charge >= 0.3 is 6.09 Å². The van der Waals surface area contributed by atoms with E-state index in [0.717, 1.165) is 26.5 Å². The number of aromatic nitrogens is 3. The van der Waals surface area contributed by atoms with E-state index in [-0.39, 0.29) is 18.2 Å². The normalized spacial score (nSPS) is 16.5. The molecular weight excluding hydrogens is 524 g/mol. The second kappa shape index (κ2) is 11.6. The zero-order valence-electron chi connectivity index (χ0n) is 20.8. The molecule has 2 atom stereocenters. The van der Waals surface area contributed by atoms with Crippen LogP contribution in [0.2, 0.25) is 5.02 Å². The predicted octanol–water partition coefficient (Wildman–Crippen LogP) is 4.84. The first-order valence-corrected chi connectivity index (χ1v) is 13.1. The number of hydrogen-bond donors (Lipinski definition) is 2. The lowest BCUT2D eigenvalue weighted by Crippen LogP contribution is -2.29. The number of pyridine rings is 1. The van der Waals surface area contributed by atoms with Gasteiger partial charge in [-0.1, -0.05) is 29.5 Å². The van der Waals surface area contributed by atoms with Crippen molar-refractivity contribution in [3.8, 4) is 17.6 Å². The summed E-state index contributed by atoms with van der Waals surface area (Å²) in [7, 11) is 3.33. The Balaban J connectivity index is 1.24. The van der Waals surface area contributed by atoms with Crippen LogP contribution in [-0.2, 0) is 11.3 Å². The second-order valence-corrected chi connectivity index (χ2v) is 10.2. The van der Waals surface area contributed by atoms with Crippen LogP contribution in [0.15, 0.2) is 55.0 Å². The molecule has 1 aromatic carbocycles. The van der Waals surface area contributed by atoms with Crippen molar-refractivity contribution < 1.29 is 14.3 Å². The highest BCUT2D eigenvalue weighted by Crippen LogP contribution is 2.33. The van der Waals surface area contributed by atoms with E-state index < -0.39 is 0 Å². The van der Waals surface area contributed by atoms with Gasteiger partial charge in [0.25, 0.3) is 0 Å². The lowest BCUT2D eigenvalue weighted by atomic mass is 10.2. The predicted molar refractivity (Wildman–Crippen MR) is 148 cm³/mol. The summed E-state index contributed by atoms with van der Waals surface area (Å²) in [5.74, 6) is 7.69. The topological polar surface area (TPSA) is 102 Å². The van der Waals surface area contributed by atoms with Gasteiger partial charge in [-0.15, -0.1) is 11.3 Å². The van der Waals surface area contributed by atoms with E-state index in [4.69, 9.17) is 21.1 Å². The maximum atomic E-state index is 11.8. The first-order chi connectivity index (χ1) is 18.4. The highest BCUT2D eigenvalue weighted by molar-refractivity contribution is 7.19. The standard InChI is InChI=1S/C27H25ClN6O3S/c1-34(2)27(35)37-20-11-17(30-14-20)6-8-21-13-22-25(31-16-32-26(22)38-21)33-18-7-9-24(23(28)12-18)36-15-19-5-3-4-10-29-19/h3-5,7,9-10,12-13,16-17,20,30H,11,14-15H2,1-2H3,(H,31,32,33)/t17-,20-/m0/s1. The Morgan fingerprint density at radius 1 is 1.24 bits per heavy atom. The second-order valence-electron chi connectivity index (χ2n) is 8.80. The third-order valence-corrected chi connectivity index (χ3v) is 6.97. The molecular formula is C27H25ClN6O3S. The van der Waals surface area contributed by atoms with Crippen molar-refractivity contribution in [2.45, 2.75) is 25.2 Å². The minimum atomic E-state index is -0.346. The van der Waals surface area contributed by atoms with Crippen molar-refractivity contribution in [3.05, 3.63) is 70.6 Å². The van der Waals surface area contributed by atoms with Gasteiger partial charge in [0.2, 0.25) is 0 Å². The van der Waals surface area contributed by atoms with Gasteiger partial charge in [0, 0.05) is 38.9 Å². The van der Waals surface area contributed by atoms with Crippen molar-refractivity contribution in [2.24, 2.45) is 0 Å². The van der Waals surface area contributed by atoms with Crippen molar-refractivity contribution in [3.63, 3.8) is 0 Å². The van der Waals surface area contributed by atoms with Crippen molar-refractivity contribution in [2.75, 3.05) is 26.0 Å². The van der Waals surface area contributed by atoms with Gasteiger partial charge in [-0.25, -0.2) is 14.8 Å². The van der Waals surface area contributed by atoms with Crippen LogP contribution in [0.4, 0.5) is 16.3 Å². The maximum absolute atomic E-state index is 11.8. The van der Waals surface area contributed by atoms with E-state index in [1.165, 1.54) is 22.6 Å². The lowest BCUT2D eigenvalue weighted by molar-refractivity contribution is 0.0826. The number of benzene rings is 1. The van der Waals surface area contributed by atoms with E-state index in [9.17, 15) is 4.79 Å². The van der Waals surface area contributed by atoms with E-state index in [2.05, 4.69) is 37.4 Å². The molecule has 1 aliphatic heterocycles. The molecule has 5 rings (SSSR count). The number of carbonyl (C=O) groups is 1. The van der Waals surface area contributed by atoms with Crippen molar-refractivity contribution >= 4 is 50.8 Å². The molecule has 0 aliphatic carbocycles.